The number of carbonyl (C=O) groups is 1. The SMILES string of the molecule is C=C(C)C(=O)OC(C)CC[N+](C)(C)CC. The zero-order valence-electron chi connectivity index (χ0n) is 10.7. The van der Waals surface area contributed by atoms with Gasteiger partial charge in [0.25, 0.3) is 0 Å². The van der Waals surface area contributed by atoms with Gasteiger partial charge >= 0.3 is 5.97 Å². The van der Waals surface area contributed by atoms with Gasteiger partial charge in [-0.15, -0.1) is 0 Å². The smallest absolute Gasteiger partial charge is 0.333 e. The summed E-state index contributed by atoms with van der Waals surface area (Å²) >= 11 is 0. The maximum Gasteiger partial charge on any atom is 0.333 e. The second-order valence-corrected chi connectivity index (χ2v) is 4.76. The maximum atomic E-state index is 11.2. The highest BCUT2D eigenvalue weighted by atomic mass is 16.5. The maximum absolute atomic E-state index is 11.2. The van der Waals surface area contributed by atoms with Crippen LogP contribution in [0.2, 0.25) is 0 Å². The minimum atomic E-state index is -0.288. The Morgan fingerprint density at radius 1 is 1.47 bits per heavy atom. The van der Waals surface area contributed by atoms with E-state index in [1.165, 1.54) is 0 Å². The van der Waals surface area contributed by atoms with Gasteiger partial charge < -0.3 is 9.22 Å². The number of esters is 1. The number of hydrogen-bond acceptors (Lipinski definition) is 2. The highest BCUT2D eigenvalue weighted by molar-refractivity contribution is 5.87. The third-order valence-corrected chi connectivity index (χ3v) is 2.65. The van der Waals surface area contributed by atoms with Crippen molar-refractivity contribution < 1.29 is 14.0 Å². The lowest BCUT2D eigenvalue weighted by atomic mass is 10.2. The van der Waals surface area contributed by atoms with Crippen LogP contribution in [0.15, 0.2) is 12.2 Å². The van der Waals surface area contributed by atoms with Gasteiger partial charge in [-0.25, -0.2) is 4.79 Å². The highest BCUT2D eigenvalue weighted by Gasteiger charge is 2.16. The molecule has 0 amide bonds. The van der Waals surface area contributed by atoms with Crippen LogP contribution in [-0.2, 0) is 9.53 Å². The van der Waals surface area contributed by atoms with E-state index in [9.17, 15) is 4.79 Å². The molecule has 0 fully saturated rings. The Balaban J connectivity index is 3.90. The molecule has 0 aromatic carbocycles. The molecule has 0 N–H and O–H groups in total. The molecule has 0 aliphatic carbocycles. The number of nitrogens with zero attached hydrogens (tertiary/aromatic N) is 1. The Bertz CT molecular complexity index is 234. The second-order valence-electron chi connectivity index (χ2n) is 4.76. The van der Waals surface area contributed by atoms with Crippen molar-refractivity contribution in [2.45, 2.75) is 33.3 Å². The number of rotatable bonds is 6. The van der Waals surface area contributed by atoms with Gasteiger partial charge in [-0.05, 0) is 20.8 Å². The first kappa shape index (κ1) is 14.2. The Morgan fingerprint density at radius 3 is 2.40 bits per heavy atom. The summed E-state index contributed by atoms with van der Waals surface area (Å²) in [6.45, 7) is 11.4. The molecule has 3 nitrogen and oxygen atoms in total. The van der Waals surface area contributed by atoms with E-state index in [0.717, 1.165) is 24.0 Å². The molecular weight excluding hydrogens is 190 g/mol. The molecule has 15 heavy (non-hydrogen) atoms. The van der Waals surface area contributed by atoms with Gasteiger partial charge in [0.05, 0.1) is 27.2 Å². The van der Waals surface area contributed by atoms with Gasteiger partial charge in [-0.3, -0.25) is 0 Å². The van der Waals surface area contributed by atoms with Crippen molar-refractivity contribution in [3.63, 3.8) is 0 Å². The summed E-state index contributed by atoms with van der Waals surface area (Å²) in [4.78, 5) is 11.2. The summed E-state index contributed by atoms with van der Waals surface area (Å²) in [6, 6.07) is 0. The molecule has 0 radical (unpaired) electrons. The van der Waals surface area contributed by atoms with Crippen LogP contribution in [0.25, 0.3) is 0 Å². The monoisotopic (exact) mass is 214 g/mol. The van der Waals surface area contributed by atoms with Crippen LogP contribution in [0.3, 0.4) is 0 Å². The highest BCUT2D eigenvalue weighted by Crippen LogP contribution is 2.06. The lowest BCUT2D eigenvalue weighted by Gasteiger charge is -2.29. The first-order valence-electron chi connectivity index (χ1n) is 5.47. The van der Waals surface area contributed by atoms with Crippen LogP contribution in [0.4, 0.5) is 0 Å². The third-order valence-electron chi connectivity index (χ3n) is 2.65. The molecule has 0 aromatic rings. The zero-order chi connectivity index (χ0) is 12.1. The van der Waals surface area contributed by atoms with Gasteiger partial charge in [0.1, 0.15) is 6.10 Å². The summed E-state index contributed by atoms with van der Waals surface area (Å²) < 4.78 is 6.16. The lowest BCUT2D eigenvalue weighted by molar-refractivity contribution is -0.889. The molecule has 0 spiro atoms. The molecule has 88 valence electrons. The minimum absolute atomic E-state index is 0.0295. The van der Waals surface area contributed by atoms with E-state index >= 15 is 0 Å². The molecule has 0 heterocycles. The fourth-order valence-electron chi connectivity index (χ4n) is 1.03. The van der Waals surface area contributed by atoms with Crippen LogP contribution in [-0.4, -0.2) is 43.7 Å². The van der Waals surface area contributed by atoms with Crippen LogP contribution in [0.1, 0.15) is 27.2 Å². The summed E-state index contributed by atoms with van der Waals surface area (Å²) in [5.41, 5.74) is 0.464. The minimum Gasteiger partial charge on any atom is -0.459 e. The van der Waals surface area contributed by atoms with E-state index in [-0.39, 0.29) is 12.1 Å². The topological polar surface area (TPSA) is 26.3 Å². The van der Waals surface area contributed by atoms with Gasteiger partial charge in [-0.1, -0.05) is 6.58 Å². The van der Waals surface area contributed by atoms with E-state index in [2.05, 4.69) is 27.6 Å². The summed E-state index contributed by atoms with van der Waals surface area (Å²) in [5.74, 6) is -0.288. The van der Waals surface area contributed by atoms with Gasteiger partial charge in [-0.2, -0.15) is 0 Å². The van der Waals surface area contributed by atoms with E-state index in [1.807, 2.05) is 6.92 Å². The molecule has 0 aliphatic rings. The molecular formula is C12H24NO2+. The Labute approximate surface area is 93.3 Å². The molecule has 0 aromatic heterocycles. The molecule has 1 atom stereocenters. The van der Waals surface area contributed by atoms with Crippen LogP contribution in [0, 0.1) is 0 Å². The largest absolute Gasteiger partial charge is 0.459 e. The van der Waals surface area contributed by atoms with E-state index < -0.39 is 0 Å². The van der Waals surface area contributed by atoms with Crippen LogP contribution < -0.4 is 0 Å². The Morgan fingerprint density at radius 2 is 2.00 bits per heavy atom. The zero-order valence-corrected chi connectivity index (χ0v) is 10.7. The van der Waals surface area contributed by atoms with E-state index in [0.29, 0.717) is 5.57 Å². The molecule has 0 saturated carbocycles. The molecule has 3 heteroatoms. The molecule has 1 unspecified atom stereocenters. The predicted molar refractivity (Wildman–Crippen MR) is 62.5 cm³/mol. The number of hydrogen-bond donors (Lipinski definition) is 0. The standard InChI is InChI=1S/C12H24NO2/c1-7-13(5,6)9-8-11(4)15-12(14)10(2)3/h11H,2,7-9H2,1,3-6H3/q+1. The average Bonchev–Trinajstić information content (AvgIpc) is 2.15. The number of carbonyl (C=O) groups excluding carboxylic acids is 1. The first-order chi connectivity index (χ1) is 6.78. The average molecular weight is 214 g/mol. The van der Waals surface area contributed by atoms with E-state index in [1.54, 1.807) is 6.92 Å². The summed E-state index contributed by atoms with van der Waals surface area (Å²) in [7, 11) is 4.35. The number of quaternary nitrogens is 1. The normalized spacial score (nSPS) is 13.4. The first-order valence-corrected chi connectivity index (χ1v) is 5.47. The quantitative estimate of drug-likeness (QED) is 0.384. The lowest BCUT2D eigenvalue weighted by Crippen LogP contribution is -2.41. The predicted octanol–water partition coefficient (Wildman–Crippen LogP) is 1.98. The fraction of sp³-hybridized carbons (Fsp3) is 0.750. The third kappa shape index (κ3) is 6.28. The molecule has 0 saturated heterocycles. The second kappa shape index (κ2) is 5.91. The van der Waals surface area contributed by atoms with Crippen molar-refractivity contribution >= 4 is 5.97 Å². The fourth-order valence-corrected chi connectivity index (χ4v) is 1.03. The Kier molecular flexibility index (Phi) is 5.58. The van der Waals surface area contributed by atoms with Crippen molar-refractivity contribution in [3.05, 3.63) is 12.2 Å². The van der Waals surface area contributed by atoms with Crippen LogP contribution in [0.5, 0.6) is 0 Å². The van der Waals surface area contributed by atoms with E-state index in [4.69, 9.17) is 4.74 Å². The van der Waals surface area contributed by atoms with Crippen molar-refractivity contribution in [1.29, 1.82) is 0 Å². The van der Waals surface area contributed by atoms with Crippen molar-refractivity contribution in [2.24, 2.45) is 0 Å². The molecule has 0 rings (SSSR count). The summed E-state index contributed by atoms with van der Waals surface area (Å²) in [5, 5.41) is 0. The van der Waals surface area contributed by atoms with Crippen LogP contribution >= 0.6 is 0 Å². The van der Waals surface area contributed by atoms with Gasteiger partial charge in [0.2, 0.25) is 0 Å². The molecule has 0 aliphatic heterocycles. The Hall–Kier alpha value is -0.830. The van der Waals surface area contributed by atoms with Crippen molar-refractivity contribution in [3.8, 4) is 0 Å². The van der Waals surface area contributed by atoms with Crippen molar-refractivity contribution in [1.82, 2.24) is 0 Å². The summed E-state index contributed by atoms with van der Waals surface area (Å²) in [6.07, 6.45) is 0.859. The number of ether oxygens (including phenoxy) is 1. The molecule has 0 bridgehead atoms. The van der Waals surface area contributed by atoms with Crippen molar-refractivity contribution in [2.75, 3.05) is 27.2 Å². The van der Waals surface area contributed by atoms with Gasteiger partial charge in [0, 0.05) is 12.0 Å². The van der Waals surface area contributed by atoms with Gasteiger partial charge in [0.15, 0.2) is 0 Å².